The molecule has 0 aliphatic rings. The topological polar surface area (TPSA) is 85.3 Å². The predicted octanol–water partition coefficient (Wildman–Crippen LogP) is 4.52. The summed E-state index contributed by atoms with van der Waals surface area (Å²) in [5.41, 5.74) is 9.52. The minimum absolute atomic E-state index is 0.0298. The second kappa shape index (κ2) is 8.43. The summed E-state index contributed by atoms with van der Waals surface area (Å²) in [6.45, 7) is 1.06. The summed E-state index contributed by atoms with van der Waals surface area (Å²) in [6.07, 6.45) is 0. The maximum absolute atomic E-state index is 9.15. The molecule has 0 unspecified atom stereocenters. The molecule has 3 aromatic carbocycles. The van der Waals surface area contributed by atoms with Crippen molar-refractivity contribution < 1.29 is 9.84 Å². The van der Waals surface area contributed by atoms with Gasteiger partial charge in [0.2, 0.25) is 5.95 Å². The van der Waals surface area contributed by atoms with Crippen molar-refractivity contribution in [2.75, 3.05) is 24.2 Å². The Morgan fingerprint density at radius 2 is 1.69 bits per heavy atom. The molecule has 0 spiro atoms. The smallest absolute Gasteiger partial charge is 0.204 e. The van der Waals surface area contributed by atoms with Crippen LogP contribution >= 0.6 is 11.6 Å². The van der Waals surface area contributed by atoms with Gasteiger partial charge in [-0.25, -0.2) is 4.98 Å². The Hall–Kier alpha value is -3.22. The van der Waals surface area contributed by atoms with Crippen molar-refractivity contribution in [2.24, 2.45) is 0 Å². The van der Waals surface area contributed by atoms with Gasteiger partial charge in [-0.2, -0.15) is 0 Å². The number of aliphatic hydroxyl groups is 1. The van der Waals surface area contributed by atoms with Crippen LogP contribution in [0.3, 0.4) is 0 Å². The molecule has 1 heterocycles. The summed E-state index contributed by atoms with van der Waals surface area (Å²) in [7, 11) is 0. The Morgan fingerprint density at radius 1 is 1.00 bits per heavy atom. The van der Waals surface area contributed by atoms with Gasteiger partial charge in [-0.1, -0.05) is 23.7 Å². The Labute approximate surface area is 173 Å². The number of rotatable bonds is 7. The molecule has 0 saturated carbocycles. The third-order valence-corrected chi connectivity index (χ3v) is 4.73. The first kappa shape index (κ1) is 19.1. The number of hydrogen-bond acceptors (Lipinski definition) is 5. The fourth-order valence-corrected chi connectivity index (χ4v) is 3.21. The first-order valence-corrected chi connectivity index (χ1v) is 9.63. The van der Waals surface area contributed by atoms with Crippen molar-refractivity contribution in [2.45, 2.75) is 6.54 Å². The fraction of sp³-hybridized carbons (Fsp3) is 0.136. The molecule has 0 fully saturated rings. The number of hydrogen-bond donors (Lipinski definition) is 3. The maximum atomic E-state index is 9.15. The highest BCUT2D eigenvalue weighted by molar-refractivity contribution is 6.30. The van der Waals surface area contributed by atoms with Gasteiger partial charge < -0.3 is 25.5 Å². The van der Waals surface area contributed by atoms with Crippen LogP contribution in [-0.2, 0) is 6.54 Å². The number of nitrogens with zero attached hydrogens (tertiary/aromatic N) is 2. The Balaban J connectivity index is 1.57. The highest BCUT2D eigenvalue weighted by Crippen LogP contribution is 2.26. The summed E-state index contributed by atoms with van der Waals surface area (Å²) >= 11 is 5.91. The van der Waals surface area contributed by atoms with E-state index in [1.54, 1.807) is 12.1 Å². The summed E-state index contributed by atoms with van der Waals surface area (Å²) < 4.78 is 7.90. The monoisotopic (exact) mass is 408 g/mol. The Bertz CT molecular complexity index is 1110. The second-order valence-corrected chi connectivity index (χ2v) is 7.06. The number of anilines is 2. The van der Waals surface area contributed by atoms with Crippen molar-refractivity contribution in [1.82, 2.24) is 9.55 Å². The number of nitrogen functional groups attached to an aromatic ring is 1. The van der Waals surface area contributed by atoms with E-state index in [1.807, 2.05) is 54.6 Å². The zero-order valence-corrected chi connectivity index (χ0v) is 16.4. The van der Waals surface area contributed by atoms with Gasteiger partial charge in [0.05, 0.1) is 24.2 Å². The summed E-state index contributed by atoms with van der Waals surface area (Å²) in [5.74, 6) is 2.17. The molecule has 0 atom stereocenters. The first-order chi connectivity index (χ1) is 14.1. The average molecular weight is 409 g/mol. The van der Waals surface area contributed by atoms with Gasteiger partial charge in [0, 0.05) is 17.3 Å². The van der Waals surface area contributed by atoms with Crippen LogP contribution in [0.1, 0.15) is 5.56 Å². The van der Waals surface area contributed by atoms with E-state index in [2.05, 4.69) is 14.9 Å². The molecule has 0 bridgehead atoms. The Kier molecular flexibility index (Phi) is 5.55. The third kappa shape index (κ3) is 4.45. The lowest BCUT2D eigenvalue weighted by molar-refractivity contribution is 0.310. The molecule has 4 rings (SSSR count). The molecular formula is C22H21ClN4O2. The quantitative estimate of drug-likeness (QED) is 0.391. The van der Waals surface area contributed by atoms with Crippen LogP contribution in [0.15, 0.2) is 66.7 Å². The van der Waals surface area contributed by atoms with Gasteiger partial charge in [0.15, 0.2) is 0 Å². The number of aliphatic hydroxyl groups excluding tert-OH is 1. The lowest BCUT2D eigenvalue weighted by Crippen LogP contribution is -2.12. The van der Waals surface area contributed by atoms with E-state index in [0.717, 1.165) is 28.1 Å². The van der Waals surface area contributed by atoms with Crippen molar-refractivity contribution >= 4 is 34.3 Å². The van der Waals surface area contributed by atoms with Crippen LogP contribution in [0.5, 0.6) is 11.5 Å². The molecule has 4 N–H and O–H groups in total. The molecule has 4 aromatic rings. The first-order valence-electron chi connectivity index (χ1n) is 9.25. The maximum Gasteiger partial charge on any atom is 0.204 e. The number of nitrogens with one attached hydrogen (secondary N) is 1. The minimum Gasteiger partial charge on any atom is -0.457 e. The number of imidazole rings is 1. The molecule has 29 heavy (non-hydrogen) atoms. The SMILES string of the molecule is Nc1ccc2nc(NCCO)n(Cc3ccc(Oc4ccc(Cl)cc4)cc3)c2c1. The van der Waals surface area contributed by atoms with Crippen LogP contribution < -0.4 is 15.8 Å². The summed E-state index contributed by atoms with van der Waals surface area (Å²) in [5, 5.41) is 13.0. The number of nitrogens with two attached hydrogens (primary N) is 1. The molecule has 7 heteroatoms. The van der Waals surface area contributed by atoms with Gasteiger partial charge in [0.25, 0.3) is 0 Å². The van der Waals surface area contributed by atoms with E-state index in [1.165, 1.54) is 0 Å². The lowest BCUT2D eigenvalue weighted by Gasteiger charge is -2.11. The van der Waals surface area contributed by atoms with Crippen LogP contribution in [0.25, 0.3) is 11.0 Å². The van der Waals surface area contributed by atoms with Gasteiger partial charge >= 0.3 is 0 Å². The standard InChI is InChI=1S/C22H21ClN4O2/c23-16-3-8-19(9-4-16)29-18-6-1-15(2-7-18)14-27-21-13-17(24)5-10-20(21)26-22(27)25-11-12-28/h1-10,13,28H,11-12,14,24H2,(H,25,26). The molecule has 0 radical (unpaired) electrons. The predicted molar refractivity (Wildman–Crippen MR) is 117 cm³/mol. The van der Waals surface area contributed by atoms with E-state index >= 15 is 0 Å². The van der Waals surface area contributed by atoms with Crippen molar-refractivity contribution in [3.63, 3.8) is 0 Å². The van der Waals surface area contributed by atoms with Crippen molar-refractivity contribution in [3.05, 3.63) is 77.3 Å². The lowest BCUT2D eigenvalue weighted by atomic mass is 10.2. The Morgan fingerprint density at radius 3 is 2.38 bits per heavy atom. The highest BCUT2D eigenvalue weighted by atomic mass is 35.5. The van der Waals surface area contributed by atoms with Crippen LogP contribution in [-0.4, -0.2) is 27.8 Å². The van der Waals surface area contributed by atoms with Crippen molar-refractivity contribution in [3.8, 4) is 11.5 Å². The number of aromatic nitrogens is 2. The zero-order valence-electron chi connectivity index (χ0n) is 15.7. The number of halogens is 1. The van der Waals surface area contributed by atoms with Crippen LogP contribution in [0.2, 0.25) is 5.02 Å². The van der Waals surface area contributed by atoms with Gasteiger partial charge in [0.1, 0.15) is 11.5 Å². The van der Waals surface area contributed by atoms with Crippen molar-refractivity contribution in [1.29, 1.82) is 0 Å². The fourth-order valence-electron chi connectivity index (χ4n) is 3.09. The number of fused-ring (bicyclic) bond motifs is 1. The highest BCUT2D eigenvalue weighted by Gasteiger charge is 2.11. The van der Waals surface area contributed by atoms with E-state index in [9.17, 15) is 0 Å². The molecule has 0 saturated heterocycles. The van der Waals surface area contributed by atoms with Crippen LogP contribution in [0, 0.1) is 0 Å². The van der Waals surface area contributed by atoms with Gasteiger partial charge in [-0.15, -0.1) is 0 Å². The minimum atomic E-state index is 0.0298. The van der Waals surface area contributed by atoms with Gasteiger partial charge in [-0.3, -0.25) is 0 Å². The number of ether oxygens (including phenoxy) is 1. The molecule has 148 valence electrons. The van der Waals surface area contributed by atoms with Crippen LogP contribution in [0.4, 0.5) is 11.6 Å². The third-order valence-electron chi connectivity index (χ3n) is 4.48. The van der Waals surface area contributed by atoms with E-state index < -0.39 is 0 Å². The largest absolute Gasteiger partial charge is 0.457 e. The molecule has 0 amide bonds. The van der Waals surface area contributed by atoms with E-state index in [-0.39, 0.29) is 6.61 Å². The number of benzene rings is 3. The normalized spacial score (nSPS) is 11.0. The molecule has 0 aliphatic heterocycles. The summed E-state index contributed by atoms with van der Waals surface area (Å²) in [4.78, 5) is 4.62. The summed E-state index contributed by atoms with van der Waals surface area (Å²) in [6, 6.07) is 20.8. The molecule has 6 nitrogen and oxygen atoms in total. The molecule has 1 aromatic heterocycles. The second-order valence-electron chi connectivity index (χ2n) is 6.62. The molecular weight excluding hydrogens is 388 g/mol. The zero-order chi connectivity index (χ0) is 20.2. The van der Waals surface area contributed by atoms with Gasteiger partial charge in [-0.05, 0) is 60.2 Å². The molecule has 0 aliphatic carbocycles. The van der Waals surface area contributed by atoms with E-state index in [0.29, 0.717) is 29.7 Å². The average Bonchev–Trinajstić information content (AvgIpc) is 3.06. The van der Waals surface area contributed by atoms with E-state index in [4.69, 9.17) is 27.2 Å².